The molecule has 0 radical (unpaired) electrons. The van der Waals surface area contributed by atoms with Crippen LogP contribution in [0.5, 0.6) is 0 Å². The van der Waals surface area contributed by atoms with E-state index in [-0.39, 0.29) is 18.2 Å². The molecule has 1 saturated carbocycles. The van der Waals surface area contributed by atoms with Crippen molar-refractivity contribution in [1.29, 1.82) is 0 Å². The predicted molar refractivity (Wildman–Crippen MR) is 85.6 cm³/mol. The predicted octanol–water partition coefficient (Wildman–Crippen LogP) is 2.14. The summed E-state index contributed by atoms with van der Waals surface area (Å²) in [4.78, 5) is 3.30. The van der Waals surface area contributed by atoms with E-state index in [1.54, 1.807) is 0 Å². The fraction of sp³-hybridized carbons (Fsp3) is 0.353. The maximum absolute atomic E-state index is 10.1. The van der Waals surface area contributed by atoms with Crippen LogP contribution in [0.2, 0.25) is 0 Å². The van der Waals surface area contributed by atoms with Gasteiger partial charge in [-0.15, -0.1) is 0 Å². The highest BCUT2D eigenvalue weighted by Crippen LogP contribution is 2.33. The van der Waals surface area contributed by atoms with E-state index in [0.29, 0.717) is 0 Å². The number of aromatic amines is 1. The molecule has 4 rings (SSSR count). The first-order valence-electron chi connectivity index (χ1n) is 7.69. The highest BCUT2D eigenvalue weighted by atomic mass is 16.3. The van der Waals surface area contributed by atoms with Crippen LogP contribution in [0.15, 0.2) is 42.9 Å². The molecule has 0 spiro atoms. The number of H-pyrrole nitrogens is 1. The molecule has 1 aliphatic rings. The molecule has 3 N–H and O–H groups in total. The molecule has 1 aliphatic carbocycles. The van der Waals surface area contributed by atoms with Crippen LogP contribution in [-0.2, 0) is 6.54 Å². The highest BCUT2D eigenvalue weighted by molar-refractivity contribution is 5.82. The lowest BCUT2D eigenvalue weighted by molar-refractivity contribution is -0.00820. The van der Waals surface area contributed by atoms with Crippen molar-refractivity contribution in [3.05, 3.63) is 54.0 Å². The van der Waals surface area contributed by atoms with Crippen LogP contribution >= 0.6 is 0 Å². The molecule has 5 heteroatoms. The molecule has 2 heterocycles. The minimum absolute atomic E-state index is 0.0246. The smallest absolute Gasteiger partial charge is 0.0932 e. The number of hydrogen-bond donors (Lipinski definition) is 3. The Kier molecular flexibility index (Phi) is 3.24. The van der Waals surface area contributed by atoms with Crippen LogP contribution in [0.25, 0.3) is 10.9 Å². The van der Waals surface area contributed by atoms with Crippen molar-refractivity contribution in [3.63, 3.8) is 0 Å². The summed E-state index contributed by atoms with van der Waals surface area (Å²) < 4.78 is 1.89. The first-order chi connectivity index (χ1) is 10.7. The zero-order valence-corrected chi connectivity index (χ0v) is 12.5. The van der Waals surface area contributed by atoms with E-state index in [9.17, 15) is 5.11 Å². The quantitative estimate of drug-likeness (QED) is 0.691. The molecule has 0 unspecified atom stereocenters. The van der Waals surface area contributed by atoms with Crippen molar-refractivity contribution in [2.75, 3.05) is 0 Å². The number of aryl methyl sites for hydroxylation is 1. The van der Waals surface area contributed by atoms with Gasteiger partial charge in [0.25, 0.3) is 0 Å². The van der Waals surface area contributed by atoms with Crippen molar-refractivity contribution in [1.82, 2.24) is 20.1 Å². The van der Waals surface area contributed by atoms with Gasteiger partial charge in [0.05, 0.1) is 18.3 Å². The van der Waals surface area contributed by atoms with Crippen molar-refractivity contribution < 1.29 is 5.11 Å². The number of aromatic nitrogens is 3. The Balaban J connectivity index is 1.48. The molecular weight excluding hydrogens is 276 g/mol. The van der Waals surface area contributed by atoms with E-state index in [1.165, 1.54) is 16.5 Å². The summed E-state index contributed by atoms with van der Waals surface area (Å²) in [7, 11) is 0. The Bertz CT molecular complexity index is 791. The number of nitrogens with zero attached hydrogens (tertiary/aromatic N) is 2. The second kappa shape index (κ2) is 5.26. The molecule has 3 atom stereocenters. The standard InChI is InChI=1S/C17H20N4O/c1-11-8-20-21(10-11)17-14(7-15(17)22)19-9-13-4-2-3-12-5-6-18-16(12)13/h2-6,8,10,14-15,17-19,22H,7,9H2,1H3/t14-,15+,17+/m0/s1. The van der Waals surface area contributed by atoms with Crippen molar-refractivity contribution >= 4 is 10.9 Å². The third-order valence-electron chi connectivity index (χ3n) is 4.57. The van der Waals surface area contributed by atoms with Gasteiger partial charge >= 0.3 is 0 Å². The van der Waals surface area contributed by atoms with Gasteiger partial charge in [-0.2, -0.15) is 5.10 Å². The molecule has 1 fully saturated rings. The third kappa shape index (κ3) is 2.23. The Labute approximate surface area is 129 Å². The summed E-state index contributed by atoms with van der Waals surface area (Å²) in [6.07, 6.45) is 6.24. The van der Waals surface area contributed by atoms with E-state index in [1.807, 2.05) is 30.2 Å². The largest absolute Gasteiger partial charge is 0.391 e. The number of aliphatic hydroxyl groups is 1. The van der Waals surface area contributed by atoms with Crippen molar-refractivity contribution in [2.45, 2.75) is 38.1 Å². The highest BCUT2D eigenvalue weighted by Gasteiger charge is 2.41. The molecule has 0 amide bonds. The first-order valence-corrected chi connectivity index (χ1v) is 7.69. The molecular formula is C17H20N4O. The average Bonchev–Trinajstić information content (AvgIpc) is 3.12. The SMILES string of the molecule is Cc1cnn([C@H]2[C@H](O)C[C@@H]2NCc2cccc3cc[nH]c23)c1. The zero-order valence-electron chi connectivity index (χ0n) is 12.5. The minimum Gasteiger partial charge on any atom is -0.391 e. The van der Waals surface area contributed by atoms with E-state index < -0.39 is 0 Å². The maximum atomic E-state index is 10.1. The fourth-order valence-corrected chi connectivity index (χ4v) is 3.31. The van der Waals surface area contributed by atoms with Crippen molar-refractivity contribution in [2.24, 2.45) is 0 Å². The number of hydrogen-bond acceptors (Lipinski definition) is 3. The maximum Gasteiger partial charge on any atom is 0.0932 e. The van der Waals surface area contributed by atoms with Crippen LogP contribution in [0.3, 0.4) is 0 Å². The molecule has 1 aromatic carbocycles. The number of para-hydroxylation sites is 1. The summed E-state index contributed by atoms with van der Waals surface area (Å²) in [5, 5.41) is 19.2. The summed E-state index contributed by atoms with van der Waals surface area (Å²) in [5.74, 6) is 0. The number of benzene rings is 1. The lowest BCUT2D eigenvalue weighted by atomic mass is 9.83. The number of fused-ring (bicyclic) bond motifs is 1. The Morgan fingerprint density at radius 3 is 3.09 bits per heavy atom. The molecule has 3 aromatic rings. The number of nitrogens with one attached hydrogen (secondary N) is 2. The normalized spacial score (nSPS) is 24.5. The monoisotopic (exact) mass is 296 g/mol. The summed E-state index contributed by atoms with van der Waals surface area (Å²) in [6.45, 7) is 2.80. The van der Waals surface area contributed by atoms with E-state index in [2.05, 4.69) is 39.7 Å². The van der Waals surface area contributed by atoms with Gasteiger partial charge in [0.1, 0.15) is 0 Å². The molecule has 5 nitrogen and oxygen atoms in total. The van der Waals surface area contributed by atoms with E-state index in [4.69, 9.17) is 0 Å². The fourth-order valence-electron chi connectivity index (χ4n) is 3.31. The number of rotatable bonds is 4. The van der Waals surface area contributed by atoms with Gasteiger partial charge in [0, 0.05) is 30.5 Å². The molecule has 0 bridgehead atoms. The minimum atomic E-state index is -0.321. The number of aliphatic hydroxyl groups excluding tert-OH is 1. The Morgan fingerprint density at radius 1 is 1.41 bits per heavy atom. The van der Waals surface area contributed by atoms with Gasteiger partial charge in [-0.3, -0.25) is 4.68 Å². The van der Waals surface area contributed by atoms with Crippen LogP contribution in [0.1, 0.15) is 23.6 Å². The second-order valence-corrected chi connectivity index (χ2v) is 6.14. The molecule has 0 saturated heterocycles. The van der Waals surface area contributed by atoms with Crippen LogP contribution in [-0.4, -0.2) is 32.0 Å². The van der Waals surface area contributed by atoms with Gasteiger partial charge < -0.3 is 15.4 Å². The van der Waals surface area contributed by atoms with Gasteiger partial charge in [-0.05, 0) is 35.9 Å². The lowest BCUT2D eigenvalue weighted by Crippen LogP contribution is -2.54. The summed E-state index contributed by atoms with van der Waals surface area (Å²) >= 11 is 0. The van der Waals surface area contributed by atoms with E-state index in [0.717, 1.165) is 18.5 Å². The molecule has 0 aliphatic heterocycles. The first kappa shape index (κ1) is 13.5. The lowest BCUT2D eigenvalue weighted by Gasteiger charge is -2.42. The van der Waals surface area contributed by atoms with Crippen molar-refractivity contribution in [3.8, 4) is 0 Å². The average molecular weight is 296 g/mol. The molecule has 2 aromatic heterocycles. The summed E-state index contributed by atoms with van der Waals surface area (Å²) in [5.41, 5.74) is 3.55. The van der Waals surface area contributed by atoms with Crippen LogP contribution in [0.4, 0.5) is 0 Å². The zero-order chi connectivity index (χ0) is 15.1. The Morgan fingerprint density at radius 2 is 2.32 bits per heavy atom. The third-order valence-corrected chi connectivity index (χ3v) is 4.57. The van der Waals surface area contributed by atoms with E-state index >= 15 is 0 Å². The Hall–Kier alpha value is -2.11. The summed E-state index contributed by atoms with van der Waals surface area (Å²) in [6, 6.07) is 8.68. The molecule has 22 heavy (non-hydrogen) atoms. The van der Waals surface area contributed by atoms with Gasteiger partial charge in [-0.1, -0.05) is 18.2 Å². The van der Waals surface area contributed by atoms with Crippen LogP contribution in [0, 0.1) is 6.92 Å². The second-order valence-electron chi connectivity index (χ2n) is 6.14. The van der Waals surface area contributed by atoms with Gasteiger partial charge in [0.2, 0.25) is 0 Å². The molecule has 114 valence electrons. The van der Waals surface area contributed by atoms with Crippen LogP contribution < -0.4 is 5.32 Å². The van der Waals surface area contributed by atoms with Gasteiger partial charge in [-0.25, -0.2) is 0 Å². The topological polar surface area (TPSA) is 65.9 Å². The van der Waals surface area contributed by atoms with Gasteiger partial charge in [0.15, 0.2) is 0 Å².